The molecule has 136 valence electrons. The fourth-order valence-electron chi connectivity index (χ4n) is 2.39. The van der Waals surface area contributed by atoms with Crippen LogP contribution in [0.1, 0.15) is 24.9 Å². The van der Waals surface area contributed by atoms with E-state index in [1.54, 1.807) is 14.2 Å². The fraction of sp³-hybridized carbons (Fsp3) is 0.611. The summed E-state index contributed by atoms with van der Waals surface area (Å²) < 4.78 is 10.7. The second-order valence-corrected chi connectivity index (χ2v) is 5.69. The highest BCUT2D eigenvalue weighted by Gasteiger charge is 2.15. The molecule has 1 aromatic rings. The van der Waals surface area contributed by atoms with Gasteiger partial charge >= 0.3 is 0 Å². The van der Waals surface area contributed by atoms with Crippen LogP contribution in [0, 0.1) is 0 Å². The summed E-state index contributed by atoms with van der Waals surface area (Å²) in [6.45, 7) is 5.13. The molecular weight excluding hydrogens is 304 g/mol. The van der Waals surface area contributed by atoms with Crippen molar-refractivity contribution in [2.45, 2.75) is 19.4 Å². The number of nitrogens with one attached hydrogen (secondary N) is 2. The smallest absolute Gasteiger partial charge is 0.191 e. The minimum Gasteiger partial charge on any atom is -0.497 e. The molecule has 6 nitrogen and oxygen atoms in total. The Morgan fingerprint density at radius 3 is 2.71 bits per heavy atom. The number of methoxy groups -OCH3 is 1. The molecule has 0 saturated carbocycles. The first-order valence-corrected chi connectivity index (χ1v) is 8.45. The molecule has 0 fully saturated rings. The van der Waals surface area contributed by atoms with E-state index < -0.39 is 0 Å². The van der Waals surface area contributed by atoms with Crippen LogP contribution in [0.25, 0.3) is 0 Å². The third-order valence-corrected chi connectivity index (χ3v) is 3.75. The Kier molecular flexibility index (Phi) is 9.88. The summed E-state index contributed by atoms with van der Waals surface area (Å²) in [5.41, 5.74) is 1.21. The minimum atomic E-state index is 0.224. The highest BCUT2D eigenvalue weighted by Crippen LogP contribution is 2.21. The van der Waals surface area contributed by atoms with Gasteiger partial charge in [-0.25, -0.2) is 0 Å². The lowest BCUT2D eigenvalue weighted by Crippen LogP contribution is -2.42. The molecule has 0 heterocycles. The van der Waals surface area contributed by atoms with E-state index in [1.165, 1.54) is 5.56 Å². The van der Waals surface area contributed by atoms with Gasteiger partial charge in [-0.15, -0.1) is 0 Å². The van der Waals surface area contributed by atoms with Crippen molar-refractivity contribution in [3.63, 3.8) is 0 Å². The molecule has 0 aliphatic heterocycles. The van der Waals surface area contributed by atoms with Crippen molar-refractivity contribution in [2.75, 3.05) is 54.6 Å². The number of aliphatic imine (C=N–C) groups is 1. The Hall–Kier alpha value is -1.79. The van der Waals surface area contributed by atoms with Crippen LogP contribution in [0.2, 0.25) is 0 Å². The summed E-state index contributed by atoms with van der Waals surface area (Å²) in [5, 5.41) is 6.71. The zero-order valence-corrected chi connectivity index (χ0v) is 15.6. The van der Waals surface area contributed by atoms with Gasteiger partial charge in [-0.1, -0.05) is 12.1 Å². The molecule has 0 amide bonds. The number of hydrogen-bond donors (Lipinski definition) is 2. The molecule has 24 heavy (non-hydrogen) atoms. The average Bonchev–Trinajstić information content (AvgIpc) is 2.59. The van der Waals surface area contributed by atoms with Gasteiger partial charge in [-0.3, -0.25) is 4.99 Å². The largest absolute Gasteiger partial charge is 0.497 e. The fourth-order valence-corrected chi connectivity index (χ4v) is 2.39. The summed E-state index contributed by atoms with van der Waals surface area (Å²) in [7, 11) is 7.62. The quantitative estimate of drug-likeness (QED) is 0.388. The topological polar surface area (TPSA) is 58.1 Å². The summed E-state index contributed by atoms with van der Waals surface area (Å²) in [5.74, 6) is 1.68. The molecule has 1 unspecified atom stereocenters. The summed E-state index contributed by atoms with van der Waals surface area (Å²) in [6, 6.07) is 8.40. The maximum atomic E-state index is 5.34. The second kappa shape index (κ2) is 11.7. The number of likely N-dealkylation sites (N-methyl/N-ethyl adjacent to an activating group) is 1. The summed E-state index contributed by atoms with van der Waals surface area (Å²) in [6.07, 6.45) is 0.960. The highest BCUT2D eigenvalue weighted by atomic mass is 16.5. The van der Waals surface area contributed by atoms with Crippen LogP contribution in [-0.4, -0.2) is 65.4 Å². The van der Waals surface area contributed by atoms with Gasteiger partial charge in [-0.2, -0.15) is 0 Å². The number of benzene rings is 1. The van der Waals surface area contributed by atoms with E-state index in [2.05, 4.69) is 46.8 Å². The van der Waals surface area contributed by atoms with Crippen LogP contribution < -0.4 is 15.4 Å². The number of ether oxygens (including phenoxy) is 2. The molecule has 1 rings (SSSR count). The zero-order valence-electron chi connectivity index (χ0n) is 15.6. The monoisotopic (exact) mass is 336 g/mol. The molecule has 0 spiro atoms. The van der Waals surface area contributed by atoms with Crippen molar-refractivity contribution >= 4 is 5.96 Å². The predicted molar refractivity (Wildman–Crippen MR) is 99.9 cm³/mol. The van der Waals surface area contributed by atoms with E-state index in [0.717, 1.165) is 44.4 Å². The molecule has 6 heteroatoms. The Balaban J connectivity index is 2.55. The lowest BCUT2D eigenvalue weighted by atomic mass is 10.1. The first kappa shape index (κ1) is 20.3. The molecule has 2 N–H and O–H groups in total. The molecule has 0 aliphatic rings. The van der Waals surface area contributed by atoms with Gasteiger partial charge in [0, 0.05) is 33.4 Å². The van der Waals surface area contributed by atoms with Crippen molar-refractivity contribution in [3.8, 4) is 5.75 Å². The van der Waals surface area contributed by atoms with Crippen molar-refractivity contribution in [1.29, 1.82) is 0 Å². The first-order chi connectivity index (χ1) is 11.6. The molecular formula is C18H32N4O2. The minimum absolute atomic E-state index is 0.224. The SMILES string of the molecule is CCOCCCNC(=NC)NCC(c1cccc(OC)c1)N(C)C. The first-order valence-electron chi connectivity index (χ1n) is 8.45. The number of guanidine groups is 1. The normalized spacial score (nSPS) is 13.0. The van der Waals surface area contributed by atoms with E-state index >= 15 is 0 Å². The van der Waals surface area contributed by atoms with Gasteiger partial charge in [0.05, 0.1) is 13.2 Å². The van der Waals surface area contributed by atoms with Crippen LogP contribution in [0.4, 0.5) is 0 Å². The van der Waals surface area contributed by atoms with E-state index in [9.17, 15) is 0 Å². The lowest BCUT2D eigenvalue weighted by Gasteiger charge is -2.26. The summed E-state index contributed by atoms with van der Waals surface area (Å²) >= 11 is 0. The van der Waals surface area contributed by atoms with Crippen LogP contribution in [0.15, 0.2) is 29.3 Å². The maximum absolute atomic E-state index is 5.34. The third-order valence-electron chi connectivity index (χ3n) is 3.75. The van der Waals surface area contributed by atoms with Gasteiger partial charge in [0.15, 0.2) is 5.96 Å². The van der Waals surface area contributed by atoms with Crippen molar-refractivity contribution in [1.82, 2.24) is 15.5 Å². The van der Waals surface area contributed by atoms with Gasteiger partial charge in [0.1, 0.15) is 5.75 Å². The van der Waals surface area contributed by atoms with Gasteiger partial charge in [-0.05, 0) is 45.1 Å². The molecule has 1 aromatic carbocycles. The number of nitrogens with zero attached hydrogens (tertiary/aromatic N) is 2. The van der Waals surface area contributed by atoms with Gasteiger partial charge in [0.2, 0.25) is 0 Å². The molecule has 0 aromatic heterocycles. The van der Waals surface area contributed by atoms with Crippen LogP contribution >= 0.6 is 0 Å². The number of rotatable bonds is 10. The maximum Gasteiger partial charge on any atom is 0.191 e. The third kappa shape index (κ3) is 7.19. The lowest BCUT2D eigenvalue weighted by molar-refractivity contribution is 0.145. The Labute approximate surface area is 146 Å². The van der Waals surface area contributed by atoms with Crippen molar-refractivity contribution < 1.29 is 9.47 Å². The summed E-state index contributed by atoms with van der Waals surface area (Å²) in [4.78, 5) is 6.46. The van der Waals surface area contributed by atoms with Crippen LogP contribution in [0.5, 0.6) is 5.75 Å². The second-order valence-electron chi connectivity index (χ2n) is 5.69. The molecule has 1 atom stereocenters. The van der Waals surface area contributed by atoms with Crippen LogP contribution in [0.3, 0.4) is 0 Å². The van der Waals surface area contributed by atoms with Crippen molar-refractivity contribution in [2.24, 2.45) is 4.99 Å². The molecule has 0 bridgehead atoms. The van der Waals surface area contributed by atoms with E-state index in [4.69, 9.17) is 9.47 Å². The predicted octanol–water partition coefficient (Wildman–Crippen LogP) is 1.89. The van der Waals surface area contributed by atoms with Gasteiger partial charge < -0.3 is 25.0 Å². The Morgan fingerprint density at radius 2 is 2.08 bits per heavy atom. The average molecular weight is 336 g/mol. The Bertz CT molecular complexity index is 492. The molecule has 0 radical (unpaired) electrons. The van der Waals surface area contributed by atoms with Crippen LogP contribution in [-0.2, 0) is 4.74 Å². The number of hydrogen-bond acceptors (Lipinski definition) is 4. The van der Waals surface area contributed by atoms with Gasteiger partial charge in [0.25, 0.3) is 0 Å². The molecule has 0 aliphatic carbocycles. The standard InChI is InChI=1S/C18H32N4O2/c1-6-24-12-8-11-20-18(19-2)21-14-17(22(3)4)15-9-7-10-16(13-15)23-5/h7,9-10,13,17H,6,8,11-12,14H2,1-5H3,(H2,19,20,21). The zero-order chi connectivity index (χ0) is 17.8. The Morgan fingerprint density at radius 1 is 1.29 bits per heavy atom. The van der Waals surface area contributed by atoms with E-state index in [-0.39, 0.29) is 6.04 Å². The molecule has 0 saturated heterocycles. The highest BCUT2D eigenvalue weighted by molar-refractivity contribution is 5.79. The van der Waals surface area contributed by atoms with E-state index in [1.807, 2.05) is 19.1 Å². The van der Waals surface area contributed by atoms with Crippen molar-refractivity contribution in [3.05, 3.63) is 29.8 Å². The van der Waals surface area contributed by atoms with E-state index in [0.29, 0.717) is 0 Å².